The maximum absolute atomic E-state index is 12.6. The maximum Gasteiger partial charge on any atom is 0.337 e. The molecule has 0 aromatic heterocycles. The molecular formula is C12H16N2O5S. The number of aliphatic hydroxyl groups is 1. The molecule has 0 spiro atoms. The number of nitrogen functional groups attached to an aromatic ring is 1. The Morgan fingerprint density at radius 3 is 2.75 bits per heavy atom. The minimum atomic E-state index is -3.96. The Morgan fingerprint density at radius 1 is 1.45 bits per heavy atom. The number of benzene rings is 1. The van der Waals surface area contributed by atoms with Gasteiger partial charge in [-0.2, -0.15) is 4.31 Å². The summed E-state index contributed by atoms with van der Waals surface area (Å²) in [6, 6.07) is 3.17. The molecule has 1 saturated heterocycles. The second-order valence-corrected chi connectivity index (χ2v) is 6.51. The maximum atomic E-state index is 12.6. The van der Waals surface area contributed by atoms with E-state index in [1.54, 1.807) is 0 Å². The molecule has 1 unspecified atom stereocenters. The Balaban J connectivity index is 2.52. The van der Waals surface area contributed by atoms with Gasteiger partial charge in [-0.25, -0.2) is 13.2 Å². The van der Waals surface area contributed by atoms with Crippen LogP contribution in [0.4, 0.5) is 5.69 Å². The number of aliphatic hydroxyl groups excluding tert-OH is 1. The first kappa shape index (κ1) is 14.8. The SMILES string of the molecule is Nc1ccc(S(=O)(=O)N2CCCC2CO)c(C(=O)O)c1. The number of carboxylic acid groups (broad SMARTS) is 1. The van der Waals surface area contributed by atoms with Gasteiger partial charge in [0, 0.05) is 18.3 Å². The van der Waals surface area contributed by atoms with E-state index in [1.165, 1.54) is 12.1 Å². The van der Waals surface area contributed by atoms with E-state index in [9.17, 15) is 18.3 Å². The fraction of sp³-hybridized carbons (Fsp3) is 0.417. The molecule has 4 N–H and O–H groups in total. The van der Waals surface area contributed by atoms with Crippen LogP contribution in [0, 0.1) is 0 Å². The largest absolute Gasteiger partial charge is 0.478 e. The average Bonchev–Trinajstić information content (AvgIpc) is 2.87. The van der Waals surface area contributed by atoms with Crippen molar-refractivity contribution in [2.24, 2.45) is 0 Å². The summed E-state index contributed by atoms with van der Waals surface area (Å²) in [5.41, 5.74) is 5.33. The normalized spacial score (nSPS) is 20.1. The number of sulfonamides is 1. The van der Waals surface area contributed by atoms with Gasteiger partial charge in [0.2, 0.25) is 10.0 Å². The number of aromatic carboxylic acids is 1. The molecule has 1 heterocycles. The second kappa shape index (κ2) is 5.39. The lowest BCUT2D eigenvalue weighted by Crippen LogP contribution is -2.38. The number of nitrogens with two attached hydrogens (primary N) is 1. The summed E-state index contributed by atoms with van der Waals surface area (Å²) in [6.45, 7) is -0.00635. The molecule has 0 aliphatic carbocycles. The predicted molar refractivity (Wildman–Crippen MR) is 71.8 cm³/mol. The minimum Gasteiger partial charge on any atom is -0.478 e. The predicted octanol–water partition coefficient (Wildman–Crippen LogP) is 0.112. The molecule has 0 amide bonds. The Hall–Kier alpha value is -1.64. The van der Waals surface area contributed by atoms with E-state index in [-0.39, 0.29) is 29.3 Å². The van der Waals surface area contributed by atoms with Crippen molar-refractivity contribution in [3.63, 3.8) is 0 Å². The Morgan fingerprint density at radius 2 is 2.15 bits per heavy atom. The highest BCUT2D eigenvalue weighted by molar-refractivity contribution is 7.89. The molecule has 0 bridgehead atoms. The summed E-state index contributed by atoms with van der Waals surface area (Å²) in [7, 11) is -3.96. The molecule has 1 aliphatic heterocycles. The van der Waals surface area contributed by atoms with Crippen LogP contribution in [0.15, 0.2) is 23.1 Å². The van der Waals surface area contributed by atoms with E-state index < -0.39 is 22.0 Å². The molecular weight excluding hydrogens is 284 g/mol. The van der Waals surface area contributed by atoms with E-state index in [4.69, 9.17) is 10.8 Å². The molecule has 2 rings (SSSR count). The Kier molecular flexibility index (Phi) is 3.98. The number of hydrogen-bond donors (Lipinski definition) is 3. The van der Waals surface area contributed by atoms with Crippen molar-refractivity contribution in [2.75, 3.05) is 18.9 Å². The van der Waals surface area contributed by atoms with Gasteiger partial charge in [-0.3, -0.25) is 0 Å². The lowest BCUT2D eigenvalue weighted by molar-refractivity contribution is 0.0692. The number of hydrogen-bond acceptors (Lipinski definition) is 5. The third-order valence-corrected chi connectivity index (χ3v) is 5.36. The van der Waals surface area contributed by atoms with Gasteiger partial charge in [-0.15, -0.1) is 0 Å². The highest BCUT2D eigenvalue weighted by atomic mass is 32.2. The first-order chi connectivity index (χ1) is 9.37. The third-order valence-electron chi connectivity index (χ3n) is 3.35. The molecule has 110 valence electrons. The highest BCUT2D eigenvalue weighted by Crippen LogP contribution is 2.28. The first-order valence-corrected chi connectivity index (χ1v) is 7.57. The number of carboxylic acids is 1. The van der Waals surface area contributed by atoms with Crippen LogP contribution < -0.4 is 5.73 Å². The van der Waals surface area contributed by atoms with Crippen molar-refractivity contribution in [1.29, 1.82) is 0 Å². The quantitative estimate of drug-likeness (QED) is 0.679. The van der Waals surface area contributed by atoms with Crippen LogP contribution in [0.25, 0.3) is 0 Å². The van der Waals surface area contributed by atoms with E-state index in [2.05, 4.69) is 0 Å². The lowest BCUT2D eigenvalue weighted by Gasteiger charge is -2.23. The van der Waals surface area contributed by atoms with Crippen LogP contribution in [-0.2, 0) is 10.0 Å². The van der Waals surface area contributed by atoms with Crippen LogP contribution in [0.3, 0.4) is 0 Å². The Bertz CT molecular complexity index is 629. The van der Waals surface area contributed by atoms with Crippen LogP contribution in [0.5, 0.6) is 0 Å². The zero-order chi connectivity index (χ0) is 14.9. The third kappa shape index (κ3) is 2.49. The van der Waals surface area contributed by atoms with Gasteiger partial charge in [0.25, 0.3) is 0 Å². The van der Waals surface area contributed by atoms with Crippen LogP contribution in [-0.4, -0.2) is 48.1 Å². The van der Waals surface area contributed by atoms with E-state index in [0.29, 0.717) is 12.8 Å². The standard InChI is InChI=1S/C12H16N2O5S/c13-8-3-4-11(10(6-8)12(16)17)20(18,19)14-5-1-2-9(14)7-15/h3-4,6,9,15H,1-2,5,7,13H2,(H,16,17). The summed E-state index contributed by atoms with van der Waals surface area (Å²) in [6.07, 6.45) is 1.20. The molecule has 20 heavy (non-hydrogen) atoms. The molecule has 8 heteroatoms. The van der Waals surface area contributed by atoms with Crippen LogP contribution >= 0.6 is 0 Å². The van der Waals surface area contributed by atoms with Crippen molar-refractivity contribution < 1.29 is 23.4 Å². The van der Waals surface area contributed by atoms with Gasteiger partial charge in [-0.1, -0.05) is 0 Å². The summed E-state index contributed by atoms with van der Waals surface area (Å²) in [4.78, 5) is 10.9. The van der Waals surface area contributed by atoms with Gasteiger partial charge >= 0.3 is 5.97 Å². The summed E-state index contributed by atoms with van der Waals surface area (Å²) < 4.78 is 26.3. The molecule has 1 atom stereocenters. The van der Waals surface area contributed by atoms with E-state index in [0.717, 1.165) is 10.4 Å². The van der Waals surface area contributed by atoms with Gasteiger partial charge in [0.1, 0.15) is 0 Å². The Labute approximate surface area is 116 Å². The fourth-order valence-electron chi connectivity index (χ4n) is 2.37. The number of rotatable bonds is 4. The number of carbonyl (C=O) groups is 1. The molecule has 1 aromatic rings. The van der Waals surface area contributed by atoms with Gasteiger partial charge in [-0.05, 0) is 31.0 Å². The lowest BCUT2D eigenvalue weighted by atomic mass is 10.2. The topological polar surface area (TPSA) is 121 Å². The molecule has 1 aliphatic rings. The molecule has 1 aromatic carbocycles. The van der Waals surface area contributed by atoms with Crippen molar-refractivity contribution in [3.05, 3.63) is 23.8 Å². The molecule has 0 radical (unpaired) electrons. The van der Waals surface area contributed by atoms with Crippen molar-refractivity contribution >= 4 is 21.7 Å². The minimum absolute atomic E-state index is 0.182. The number of nitrogens with zero attached hydrogens (tertiary/aromatic N) is 1. The molecule has 1 fully saturated rings. The zero-order valence-corrected chi connectivity index (χ0v) is 11.5. The fourth-order valence-corrected chi connectivity index (χ4v) is 4.22. The van der Waals surface area contributed by atoms with Gasteiger partial charge in [0.05, 0.1) is 17.1 Å². The van der Waals surface area contributed by atoms with Crippen molar-refractivity contribution in [2.45, 2.75) is 23.8 Å². The molecule has 0 saturated carbocycles. The summed E-state index contributed by atoms with van der Waals surface area (Å²) >= 11 is 0. The zero-order valence-electron chi connectivity index (χ0n) is 10.7. The second-order valence-electron chi connectivity index (χ2n) is 4.66. The van der Waals surface area contributed by atoms with E-state index in [1.807, 2.05) is 0 Å². The highest BCUT2D eigenvalue weighted by Gasteiger charge is 2.36. The van der Waals surface area contributed by atoms with Crippen LogP contribution in [0.1, 0.15) is 23.2 Å². The van der Waals surface area contributed by atoms with Crippen molar-refractivity contribution in [3.8, 4) is 0 Å². The monoisotopic (exact) mass is 300 g/mol. The van der Waals surface area contributed by atoms with E-state index >= 15 is 0 Å². The summed E-state index contributed by atoms with van der Waals surface area (Å²) in [5.74, 6) is -1.35. The molecule has 7 nitrogen and oxygen atoms in total. The first-order valence-electron chi connectivity index (χ1n) is 6.13. The van der Waals surface area contributed by atoms with Gasteiger partial charge in [0.15, 0.2) is 0 Å². The van der Waals surface area contributed by atoms with Crippen molar-refractivity contribution in [1.82, 2.24) is 4.31 Å². The number of anilines is 1. The summed E-state index contributed by atoms with van der Waals surface area (Å²) in [5, 5.41) is 18.4. The van der Waals surface area contributed by atoms with Gasteiger partial charge < -0.3 is 15.9 Å². The average molecular weight is 300 g/mol. The smallest absolute Gasteiger partial charge is 0.337 e. The van der Waals surface area contributed by atoms with Crippen LogP contribution in [0.2, 0.25) is 0 Å².